The van der Waals surface area contributed by atoms with Crippen molar-refractivity contribution in [3.63, 3.8) is 0 Å². The summed E-state index contributed by atoms with van der Waals surface area (Å²) in [7, 11) is 1.21. The predicted octanol–water partition coefficient (Wildman–Crippen LogP) is -6.92. The molecule has 3 aliphatic heterocycles. The second kappa shape index (κ2) is 12.3. The molecule has 3 fully saturated rings. The van der Waals surface area contributed by atoms with Gasteiger partial charge in [0, 0.05) is 7.11 Å². The maximum Gasteiger partial charge on any atom is 0.187 e. The number of hydrogen-bond donors (Lipinski definition) is 10. The van der Waals surface area contributed by atoms with Gasteiger partial charge in [0.05, 0.1) is 19.8 Å². The summed E-state index contributed by atoms with van der Waals surface area (Å²) in [5.74, 6) is 0. The third-order valence-electron chi connectivity index (χ3n) is 6.30. The van der Waals surface area contributed by atoms with Gasteiger partial charge in [0.2, 0.25) is 0 Å². The molecule has 0 aromatic heterocycles. The van der Waals surface area contributed by atoms with Crippen LogP contribution in [-0.4, -0.2) is 170 Å². The summed E-state index contributed by atoms with van der Waals surface area (Å²) in [5.41, 5.74) is 0. The van der Waals surface area contributed by atoms with E-state index in [-0.39, 0.29) is 0 Å². The zero-order chi connectivity index (χ0) is 26.0. The molecule has 35 heavy (non-hydrogen) atoms. The number of hydrogen-bond acceptors (Lipinski definition) is 16. The van der Waals surface area contributed by atoms with Crippen LogP contribution in [-0.2, 0) is 28.4 Å². The molecular formula is C19H34O16. The summed E-state index contributed by atoms with van der Waals surface area (Å²) in [6, 6.07) is 0. The molecule has 206 valence electrons. The molecule has 0 aromatic rings. The van der Waals surface area contributed by atoms with E-state index in [1.54, 1.807) is 0 Å². The van der Waals surface area contributed by atoms with E-state index in [0.717, 1.165) is 0 Å². The van der Waals surface area contributed by atoms with Crippen LogP contribution < -0.4 is 0 Å². The van der Waals surface area contributed by atoms with E-state index >= 15 is 0 Å². The number of aliphatic hydroxyl groups excluding tert-OH is 10. The zero-order valence-electron chi connectivity index (χ0n) is 18.7. The van der Waals surface area contributed by atoms with Gasteiger partial charge in [-0.15, -0.1) is 0 Å². The Morgan fingerprint density at radius 3 is 1.29 bits per heavy atom. The Morgan fingerprint density at radius 1 is 0.486 bits per heavy atom. The topological polar surface area (TPSA) is 258 Å². The first-order valence-electron chi connectivity index (χ1n) is 11.0. The lowest BCUT2D eigenvalue weighted by Gasteiger charge is -2.48. The van der Waals surface area contributed by atoms with E-state index in [1.807, 2.05) is 0 Å². The first-order valence-corrected chi connectivity index (χ1v) is 11.0. The lowest BCUT2D eigenvalue weighted by molar-refractivity contribution is -0.378. The van der Waals surface area contributed by atoms with Crippen molar-refractivity contribution in [1.82, 2.24) is 0 Å². The summed E-state index contributed by atoms with van der Waals surface area (Å²) in [6.45, 7) is -2.21. The summed E-state index contributed by atoms with van der Waals surface area (Å²) in [5, 5.41) is 100. The van der Waals surface area contributed by atoms with Crippen molar-refractivity contribution in [3.8, 4) is 0 Å². The molecule has 0 unspecified atom stereocenters. The van der Waals surface area contributed by atoms with E-state index in [9.17, 15) is 51.1 Å². The van der Waals surface area contributed by atoms with E-state index in [1.165, 1.54) is 7.11 Å². The minimum absolute atomic E-state index is 0.675. The summed E-state index contributed by atoms with van der Waals surface area (Å²) < 4.78 is 31.9. The van der Waals surface area contributed by atoms with Crippen molar-refractivity contribution in [1.29, 1.82) is 0 Å². The fourth-order valence-electron chi connectivity index (χ4n) is 4.24. The van der Waals surface area contributed by atoms with E-state index < -0.39 is 112 Å². The van der Waals surface area contributed by atoms with Gasteiger partial charge in [0.15, 0.2) is 18.9 Å². The molecular weight excluding hydrogens is 484 g/mol. The first kappa shape index (κ1) is 28.9. The number of ether oxygens (including phenoxy) is 6. The Hall–Kier alpha value is -0.640. The Bertz CT molecular complexity index is 650. The van der Waals surface area contributed by atoms with Crippen LogP contribution in [0.15, 0.2) is 0 Å². The monoisotopic (exact) mass is 518 g/mol. The molecule has 10 N–H and O–H groups in total. The second-order valence-corrected chi connectivity index (χ2v) is 8.55. The Morgan fingerprint density at radius 2 is 0.857 bits per heavy atom. The Labute approximate surface area is 199 Å². The van der Waals surface area contributed by atoms with Gasteiger partial charge in [0.25, 0.3) is 0 Å². The quantitative estimate of drug-likeness (QED) is 0.143. The minimum Gasteiger partial charge on any atom is -0.394 e. The van der Waals surface area contributed by atoms with Crippen molar-refractivity contribution in [2.75, 3.05) is 26.9 Å². The molecule has 16 nitrogen and oxygen atoms in total. The van der Waals surface area contributed by atoms with Crippen LogP contribution in [0.1, 0.15) is 0 Å². The SMILES string of the molecule is CO[C@@H]1O[C@H](CO)[C@H](O[C@@H]2O[C@H](CO)[C@H](O[C@H]3O[C@H](CO)[C@H](O)[C@H](O)[C@H]3O)[C@H](O)[C@H]2O)[C@H](O)[C@H]1O. The zero-order valence-corrected chi connectivity index (χ0v) is 18.7. The van der Waals surface area contributed by atoms with Crippen LogP contribution >= 0.6 is 0 Å². The summed E-state index contributed by atoms with van der Waals surface area (Å²) in [6.07, 6.45) is -23.8. The van der Waals surface area contributed by atoms with Crippen molar-refractivity contribution < 1.29 is 79.5 Å². The fourth-order valence-corrected chi connectivity index (χ4v) is 4.24. The molecule has 15 atom stereocenters. The molecule has 3 aliphatic rings. The normalized spacial score (nSPS) is 51.3. The van der Waals surface area contributed by atoms with Gasteiger partial charge in [-0.3, -0.25) is 0 Å². The van der Waals surface area contributed by atoms with Crippen LogP contribution in [0, 0.1) is 0 Å². The number of rotatable bonds is 8. The third-order valence-corrected chi connectivity index (χ3v) is 6.30. The van der Waals surface area contributed by atoms with Crippen molar-refractivity contribution in [2.45, 2.75) is 92.1 Å². The molecule has 0 amide bonds. The van der Waals surface area contributed by atoms with Gasteiger partial charge in [-0.25, -0.2) is 0 Å². The van der Waals surface area contributed by atoms with Crippen LogP contribution in [0.4, 0.5) is 0 Å². The Kier molecular flexibility index (Phi) is 10.1. The molecule has 0 aromatic carbocycles. The molecule has 0 spiro atoms. The van der Waals surface area contributed by atoms with Crippen LogP contribution in [0.5, 0.6) is 0 Å². The number of methoxy groups -OCH3 is 1. The summed E-state index contributed by atoms with van der Waals surface area (Å²) in [4.78, 5) is 0. The van der Waals surface area contributed by atoms with Crippen molar-refractivity contribution in [3.05, 3.63) is 0 Å². The maximum atomic E-state index is 10.7. The molecule has 3 rings (SSSR count). The predicted molar refractivity (Wildman–Crippen MR) is 106 cm³/mol. The molecule has 0 aliphatic carbocycles. The van der Waals surface area contributed by atoms with Crippen LogP contribution in [0.3, 0.4) is 0 Å². The molecule has 16 heteroatoms. The van der Waals surface area contributed by atoms with Crippen LogP contribution in [0.25, 0.3) is 0 Å². The van der Waals surface area contributed by atoms with Gasteiger partial charge in [-0.1, -0.05) is 0 Å². The van der Waals surface area contributed by atoms with Crippen molar-refractivity contribution >= 4 is 0 Å². The molecule has 3 saturated heterocycles. The molecule has 0 bridgehead atoms. The standard InChI is InChI=1S/C19H34O16/c1-30-17-13(28)10(25)15(6(3-21)32-17)35-19-14(29)11(26)16(7(4-22)33-19)34-18-12(27)9(24)8(23)5(2-20)31-18/h5-29H,2-4H2,1H3/t5-,6-,7-,8+,9+,10-,11-,12-,13-,14-,15+,16+,17-,18-,19+/m1/s1. The molecule has 0 radical (unpaired) electrons. The minimum atomic E-state index is -1.88. The highest BCUT2D eigenvalue weighted by Gasteiger charge is 2.53. The molecule has 0 saturated carbocycles. The second-order valence-electron chi connectivity index (χ2n) is 8.55. The Balaban J connectivity index is 1.72. The largest absolute Gasteiger partial charge is 0.394 e. The van der Waals surface area contributed by atoms with Gasteiger partial charge < -0.3 is 79.5 Å². The smallest absolute Gasteiger partial charge is 0.187 e. The average Bonchev–Trinajstić information content (AvgIpc) is 2.86. The van der Waals surface area contributed by atoms with E-state index in [4.69, 9.17) is 28.4 Å². The van der Waals surface area contributed by atoms with Crippen LogP contribution in [0.2, 0.25) is 0 Å². The lowest BCUT2D eigenvalue weighted by atomic mass is 9.96. The lowest BCUT2D eigenvalue weighted by Crippen LogP contribution is -2.66. The van der Waals surface area contributed by atoms with Gasteiger partial charge in [-0.05, 0) is 0 Å². The molecule has 3 heterocycles. The average molecular weight is 518 g/mol. The highest BCUT2D eigenvalue weighted by atomic mass is 16.8. The van der Waals surface area contributed by atoms with Gasteiger partial charge in [-0.2, -0.15) is 0 Å². The highest BCUT2D eigenvalue weighted by Crippen LogP contribution is 2.32. The first-order chi connectivity index (χ1) is 16.6. The van der Waals surface area contributed by atoms with E-state index in [0.29, 0.717) is 0 Å². The number of aliphatic hydroxyl groups is 10. The maximum absolute atomic E-state index is 10.7. The highest BCUT2D eigenvalue weighted by molar-refractivity contribution is 4.96. The van der Waals surface area contributed by atoms with Gasteiger partial charge >= 0.3 is 0 Å². The van der Waals surface area contributed by atoms with E-state index in [2.05, 4.69) is 0 Å². The fraction of sp³-hybridized carbons (Fsp3) is 1.00. The summed E-state index contributed by atoms with van der Waals surface area (Å²) >= 11 is 0. The van der Waals surface area contributed by atoms with Crippen molar-refractivity contribution in [2.24, 2.45) is 0 Å². The third kappa shape index (κ3) is 5.78. The van der Waals surface area contributed by atoms with Gasteiger partial charge in [0.1, 0.15) is 73.2 Å².